The number of rotatable bonds is 6. The van der Waals surface area contributed by atoms with Crippen LogP contribution in [0.5, 0.6) is 0 Å². The second kappa shape index (κ2) is 10.2. The van der Waals surface area contributed by atoms with Crippen molar-refractivity contribution in [2.45, 2.75) is 43.8 Å². The van der Waals surface area contributed by atoms with Gasteiger partial charge in [-0.3, -0.25) is 9.69 Å². The van der Waals surface area contributed by atoms with Gasteiger partial charge in [-0.05, 0) is 17.9 Å². The summed E-state index contributed by atoms with van der Waals surface area (Å²) in [5.41, 5.74) is 0. The third-order valence-corrected chi connectivity index (χ3v) is 5.33. The molecule has 0 aliphatic carbocycles. The van der Waals surface area contributed by atoms with Gasteiger partial charge in [0.05, 0.1) is 12.7 Å². The molecule has 2 saturated heterocycles. The van der Waals surface area contributed by atoms with Gasteiger partial charge in [0.1, 0.15) is 6.10 Å². The van der Waals surface area contributed by atoms with Crippen molar-refractivity contribution in [2.75, 3.05) is 26.8 Å². The van der Waals surface area contributed by atoms with Gasteiger partial charge in [-0.1, -0.05) is 6.07 Å². The summed E-state index contributed by atoms with van der Waals surface area (Å²) in [4.78, 5) is 24.8. The number of nitrogens with zero attached hydrogens (tertiary/aromatic N) is 1. The minimum absolute atomic E-state index is 0.00229. The van der Waals surface area contributed by atoms with Gasteiger partial charge in [0.2, 0.25) is 5.91 Å². The molecule has 0 bridgehead atoms. The molecule has 0 aromatic carbocycles. The largest absolute Gasteiger partial charge is 0.490 e. The first-order valence-corrected chi connectivity index (χ1v) is 9.59. The zero-order valence-electron chi connectivity index (χ0n) is 15.3. The molecule has 1 aromatic rings. The molecule has 1 amide bonds. The molecule has 2 aliphatic heterocycles. The third kappa shape index (κ3) is 6.43. The van der Waals surface area contributed by atoms with Crippen LogP contribution < -0.4 is 5.32 Å². The van der Waals surface area contributed by atoms with Crippen LogP contribution in [0.25, 0.3) is 0 Å². The van der Waals surface area contributed by atoms with Gasteiger partial charge in [0.25, 0.3) is 0 Å². The van der Waals surface area contributed by atoms with E-state index >= 15 is 0 Å². The summed E-state index contributed by atoms with van der Waals surface area (Å²) in [5.74, 6) is -2.76. The average Bonchev–Trinajstić information content (AvgIpc) is 3.34. The second-order valence-electron chi connectivity index (χ2n) is 6.39. The lowest BCUT2D eigenvalue weighted by Gasteiger charge is -2.21. The number of hydrogen-bond acceptors (Lipinski definition) is 6. The second-order valence-corrected chi connectivity index (χ2v) is 7.42. The molecule has 7 nitrogen and oxygen atoms in total. The molecule has 0 spiro atoms. The van der Waals surface area contributed by atoms with Crippen molar-refractivity contribution in [1.29, 1.82) is 0 Å². The highest BCUT2D eigenvalue weighted by molar-refractivity contribution is 7.09. The first-order valence-electron chi connectivity index (χ1n) is 8.71. The van der Waals surface area contributed by atoms with Crippen LogP contribution in [0.2, 0.25) is 0 Å². The quantitative estimate of drug-likeness (QED) is 0.678. The number of carboxylic acid groups (broad SMARTS) is 1. The Morgan fingerprint density at radius 2 is 2.18 bits per heavy atom. The SMILES string of the molecule is COCCNC(=O)[C@@H]1C[C@@H]2[C@@H](CCN2Cc2cccs2)O1.O=C(O)C(F)(F)F. The fourth-order valence-corrected chi connectivity index (χ4v) is 3.92. The lowest BCUT2D eigenvalue weighted by atomic mass is 10.1. The van der Waals surface area contributed by atoms with E-state index in [0.29, 0.717) is 19.2 Å². The molecular weight excluding hydrogens is 401 g/mol. The third-order valence-electron chi connectivity index (χ3n) is 4.47. The standard InChI is InChI=1S/C15H22N2O3S.C2HF3O2/c1-19-7-5-16-15(18)14-9-12-13(20-14)4-6-17(12)10-11-3-2-8-21-11;3-2(4,5)1(6)7/h2-3,8,12-14H,4-7,9-10H2,1H3,(H,16,18);(H,6,7)/t12-,13-,14+;/m1./s1. The van der Waals surface area contributed by atoms with E-state index in [0.717, 1.165) is 25.9 Å². The van der Waals surface area contributed by atoms with Crippen molar-refractivity contribution >= 4 is 23.2 Å². The monoisotopic (exact) mass is 424 g/mol. The molecule has 2 N–H and O–H groups in total. The van der Waals surface area contributed by atoms with Crippen LogP contribution in [-0.4, -0.2) is 73.1 Å². The number of methoxy groups -OCH3 is 1. The number of fused-ring (bicyclic) bond motifs is 1. The van der Waals surface area contributed by atoms with Crippen molar-refractivity contribution in [3.05, 3.63) is 22.4 Å². The summed E-state index contributed by atoms with van der Waals surface area (Å²) < 4.78 is 42.6. The van der Waals surface area contributed by atoms with Crippen LogP contribution in [-0.2, 0) is 25.6 Å². The minimum Gasteiger partial charge on any atom is -0.475 e. The van der Waals surface area contributed by atoms with Crippen molar-refractivity contribution in [3.63, 3.8) is 0 Å². The van der Waals surface area contributed by atoms with Gasteiger partial charge in [-0.2, -0.15) is 13.2 Å². The Hall–Kier alpha value is -1.69. The first kappa shape index (κ1) is 22.6. The molecule has 3 rings (SSSR count). The van der Waals surface area contributed by atoms with E-state index in [4.69, 9.17) is 19.4 Å². The van der Waals surface area contributed by atoms with Crippen LogP contribution in [0.4, 0.5) is 13.2 Å². The number of amides is 1. The van der Waals surface area contributed by atoms with Crippen LogP contribution >= 0.6 is 11.3 Å². The number of aliphatic carboxylic acids is 1. The Bertz CT molecular complexity index is 641. The van der Waals surface area contributed by atoms with E-state index in [1.54, 1.807) is 18.4 Å². The van der Waals surface area contributed by atoms with Gasteiger partial charge in [0, 0.05) is 44.1 Å². The summed E-state index contributed by atoms with van der Waals surface area (Å²) in [6, 6.07) is 4.64. The predicted molar refractivity (Wildman–Crippen MR) is 95.0 cm³/mol. The van der Waals surface area contributed by atoms with Gasteiger partial charge in [-0.25, -0.2) is 4.79 Å². The Kier molecular flexibility index (Phi) is 8.23. The summed E-state index contributed by atoms with van der Waals surface area (Å²) >= 11 is 1.79. The molecule has 3 heterocycles. The van der Waals surface area contributed by atoms with Crippen molar-refractivity contribution < 1.29 is 37.3 Å². The molecule has 0 unspecified atom stereocenters. The number of carbonyl (C=O) groups is 2. The zero-order chi connectivity index (χ0) is 20.7. The van der Waals surface area contributed by atoms with E-state index in [1.165, 1.54) is 4.88 Å². The number of carboxylic acids is 1. The molecule has 0 saturated carbocycles. The maximum atomic E-state index is 12.1. The van der Waals surface area contributed by atoms with E-state index in [2.05, 4.69) is 27.7 Å². The van der Waals surface area contributed by atoms with E-state index in [9.17, 15) is 18.0 Å². The van der Waals surface area contributed by atoms with E-state index < -0.39 is 12.1 Å². The molecule has 2 fully saturated rings. The molecule has 11 heteroatoms. The Morgan fingerprint density at radius 3 is 2.75 bits per heavy atom. The number of alkyl halides is 3. The van der Waals surface area contributed by atoms with Crippen molar-refractivity contribution in [3.8, 4) is 0 Å². The van der Waals surface area contributed by atoms with Crippen molar-refractivity contribution in [2.24, 2.45) is 0 Å². The first-order chi connectivity index (χ1) is 13.2. The predicted octanol–water partition coefficient (Wildman–Crippen LogP) is 1.88. The Morgan fingerprint density at radius 1 is 1.46 bits per heavy atom. The Balaban J connectivity index is 0.000000345. The number of ether oxygens (including phenoxy) is 2. The number of nitrogens with one attached hydrogen (secondary N) is 1. The topological polar surface area (TPSA) is 88.1 Å². The number of carbonyl (C=O) groups excluding carboxylic acids is 1. The van der Waals surface area contributed by atoms with Gasteiger partial charge in [0.15, 0.2) is 0 Å². The number of halogens is 3. The molecule has 28 heavy (non-hydrogen) atoms. The van der Waals surface area contributed by atoms with Crippen LogP contribution in [0.15, 0.2) is 17.5 Å². The lowest BCUT2D eigenvalue weighted by molar-refractivity contribution is -0.192. The van der Waals surface area contributed by atoms with Crippen LogP contribution in [0.3, 0.4) is 0 Å². The van der Waals surface area contributed by atoms with Crippen LogP contribution in [0.1, 0.15) is 17.7 Å². The lowest BCUT2D eigenvalue weighted by Crippen LogP contribution is -2.37. The summed E-state index contributed by atoms with van der Waals surface area (Å²) in [5, 5.41) is 12.1. The minimum atomic E-state index is -5.08. The molecule has 158 valence electrons. The molecule has 3 atom stereocenters. The highest BCUT2D eigenvalue weighted by Gasteiger charge is 2.45. The van der Waals surface area contributed by atoms with Gasteiger partial charge < -0.3 is 19.9 Å². The summed E-state index contributed by atoms with van der Waals surface area (Å²) in [6.45, 7) is 3.12. The summed E-state index contributed by atoms with van der Waals surface area (Å²) in [6.07, 6.45) is -3.35. The van der Waals surface area contributed by atoms with Crippen LogP contribution in [0, 0.1) is 0 Å². The van der Waals surface area contributed by atoms with Gasteiger partial charge in [-0.15, -0.1) is 11.3 Å². The van der Waals surface area contributed by atoms with Gasteiger partial charge >= 0.3 is 12.1 Å². The maximum Gasteiger partial charge on any atom is 0.490 e. The Labute approximate surface area is 164 Å². The molecule has 0 radical (unpaired) electrons. The molecule has 1 aromatic heterocycles. The van der Waals surface area contributed by atoms with Crippen molar-refractivity contribution in [1.82, 2.24) is 10.2 Å². The number of likely N-dealkylation sites (tertiary alicyclic amines) is 1. The summed E-state index contributed by atoms with van der Waals surface area (Å²) in [7, 11) is 1.63. The maximum absolute atomic E-state index is 12.1. The molecular formula is C17H23F3N2O5S. The average molecular weight is 424 g/mol. The fourth-order valence-electron chi connectivity index (χ4n) is 3.19. The zero-order valence-corrected chi connectivity index (χ0v) is 16.1. The van der Waals surface area contributed by atoms with E-state index in [-0.39, 0.29) is 18.1 Å². The fraction of sp³-hybridized carbons (Fsp3) is 0.647. The highest BCUT2D eigenvalue weighted by atomic mass is 32.1. The molecule has 2 aliphatic rings. The number of hydrogen-bond donors (Lipinski definition) is 2. The highest BCUT2D eigenvalue weighted by Crippen LogP contribution is 2.34. The normalized spacial score (nSPS) is 24.4. The van der Waals surface area contributed by atoms with E-state index in [1.807, 2.05) is 0 Å². The number of thiophene rings is 1. The smallest absolute Gasteiger partial charge is 0.475 e.